The van der Waals surface area contributed by atoms with Gasteiger partial charge in [-0.15, -0.1) is 6.58 Å². The van der Waals surface area contributed by atoms with Gasteiger partial charge in [-0.3, -0.25) is 4.79 Å². The number of fused-ring (bicyclic) bond motifs is 2. The van der Waals surface area contributed by atoms with E-state index >= 15 is 0 Å². The summed E-state index contributed by atoms with van der Waals surface area (Å²) in [6.45, 7) is 4.18. The summed E-state index contributed by atoms with van der Waals surface area (Å²) < 4.78 is 0. The molecule has 0 spiro atoms. The number of para-hydroxylation sites is 2. The third-order valence-corrected chi connectivity index (χ3v) is 4.94. The van der Waals surface area contributed by atoms with Crippen LogP contribution in [0.15, 0.2) is 58.0 Å². The normalized spacial score (nSPS) is 15.1. The summed E-state index contributed by atoms with van der Waals surface area (Å²) in [5.74, 6) is 0.983. The Kier molecular flexibility index (Phi) is 3.63. The summed E-state index contributed by atoms with van der Waals surface area (Å²) in [4.78, 5) is 28.8. The minimum atomic E-state index is -0.235. The number of nitriles is 1. The Morgan fingerprint density at radius 2 is 2.28 bits per heavy atom. The second-order valence-corrected chi connectivity index (χ2v) is 6.28. The molecule has 0 unspecified atom stereocenters. The van der Waals surface area contributed by atoms with Crippen molar-refractivity contribution >= 4 is 34.2 Å². The molecule has 0 saturated heterocycles. The summed E-state index contributed by atoms with van der Waals surface area (Å²) in [6.07, 6.45) is 3.06. The van der Waals surface area contributed by atoms with Gasteiger partial charge in [0.15, 0.2) is 11.6 Å². The molecule has 2 aromatic heterocycles. The molecule has 0 saturated carbocycles. The van der Waals surface area contributed by atoms with Gasteiger partial charge in [-0.25, -0.2) is 9.97 Å². The zero-order valence-corrected chi connectivity index (χ0v) is 13.8. The number of H-pyrrole nitrogens is 2. The van der Waals surface area contributed by atoms with Gasteiger partial charge < -0.3 is 14.9 Å². The highest BCUT2D eigenvalue weighted by Crippen LogP contribution is 2.45. The number of hydrogen-bond donors (Lipinski definition) is 2. The third-order valence-electron chi connectivity index (χ3n) is 3.75. The van der Waals surface area contributed by atoms with Crippen molar-refractivity contribution in [2.45, 2.75) is 4.90 Å². The minimum Gasteiger partial charge on any atom is -0.337 e. The van der Waals surface area contributed by atoms with Gasteiger partial charge in [0.25, 0.3) is 5.56 Å². The minimum absolute atomic E-state index is 0.235. The van der Waals surface area contributed by atoms with Crippen LogP contribution in [0.5, 0.6) is 0 Å². The maximum absolute atomic E-state index is 12.1. The summed E-state index contributed by atoms with van der Waals surface area (Å²) in [6, 6.07) is 9.77. The maximum atomic E-state index is 12.1. The second-order valence-electron chi connectivity index (χ2n) is 5.28. The van der Waals surface area contributed by atoms with Gasteiger partial charge in [0.1, 0.15) is 21.6 Å². The molecular weight excluding hydrogens is 336 g/mol. The molecule has 25 heavy (non-hydrogen) atoms. The summed E-state index contributed by atoms with van der Waals surface area (Å²) in [5.41, 5.74) is 1.75. The fourth-order valence-electron chi connectivity index (χ4n) is 2.67. The quantitative estimate of drug-likeness (QED) is 0.557. The second kappa shape index (κ2) is 5.96. The molecule has 8 heteroatoms. The predicted molar refractivity (Wildman–Crippen MR) is 96.9 cm³/mol. The van der Waals surface area contributed by atoms with E-state index in [1.54, 1.807) is 11.0 Å². The van der Waals surface area contributed by atoms with Crippen LogP contribution in [0.25, 0.3) is 16.6 Å². The van der Waals surface area contributed by atoms with Crippen LogP contribution in [0.2, 0.25) is 0 Å². The van der Waals surface area contributed by atoms with Gasteiger partial charge in [0, 0.05) is 6.54 Å². The van der Waals surface area contributed by atoms with Gasteiger partial charge in [-0.05, 0) is 12.1 Å². The molecule has 0 radical (unpaired) electrons. The number of rotatable bonds is 3. The molecule has 0 atom stereocenters. The molecule has 7 nitrogen and oxygen atoms in total. The van der Waals surface area contributed by atoms with Crippen LogP contribution in [0.3, 0.4) is 0 Å². The first-order valence-electron chi connectivity index (χ1n) is 7.46. The number of hydrogen-bond acceptors (Lipinski definition) is 6. The van der Waals surface area contributed by atoms with Crippen molar-refractivity contribution in [1.29, 1.82) is 5.26 Å². The average Bonchev–Trinajstić information content (AvgIpc) is 3.19. The van der Waals surface area contributed by atoms with E-state index in [1.165, 1.54) is 18.1 Å². The van der Waals surface area contributed by atoms with E-state index in [1.807, 2.05) is 24.3 Å². The van der Waals surface area contributed by atoms with Crippen LogP contribution in [0.4, 0.5) is 5.82 Å². The zero-order valence-electron chi connectivity index (χ0n) is 13.0. The van der Waals surface area contributed by atoms with Crippen LogP contribution in [0, 0.1) is 11.3 Å². The van der Waals surface area contributed by atoms with Crippen LogP contribution in [-0.2, 0) is 0 Å². The van der Waals surface area contributed by atoms with Gasteiger partial charge in [0.2, 0.25) is 0 Å². The van der Waals surface area contributed by atoms with Crippen molar-refractivity contribution in [3.8, 4) is 6.07 Å². The highest BCUT2D eigenvalue weighted by atomic mass is 32.2. The third kappa shape index (κ3) is 2.42. The Bertz CT molecular complexity index is 1090. The Labute approximate surface area is 146 Å². The van der Waals surface area contributed by atoms with Gasteiger partial charge in [-0.1, -0.05) is 30.0 Å². The van der Waals surface area contributed by atoms with E-state index in [2.05, 4.69) is 32.6 Å². The molecule has 1 aliphatic heterocycles. The Balaban J connectivity index is 1.92. The molecule has 122 valence electrons. The van der Waals surface area contributed by atoms with Crippen molar-refractivity contribution in [1.82, 2.24) is 19.9 Å². The van der Waals surface area contributed by atoms with Crippen LogP contribution in [-0.4, -0.2) is 26.5 Å². The van der Waals surface area contributed by atoms with Gasteiger partial charge in [0.05, 0.1) is 17.4 Å². The fourth-order valence-corrected chi connectivity index (χ4v) is 3.78. The first-order valence-corrected chi connectivity index (χ1v) is 8.28. The highest BCUT2D eigenvalue weighted by molar-refractivity contribution is 8.04. The first-order chi connectivity index (χ1) is 12.2. The van der Waals surface area contributed by atoms with E-state index in [9.17, 15) is 10.1 Å². The van der Waals surface area contributed by atoms with Crippen molar-refractivity contribution in [2.75, 3.05) is 11.4 Å². The van der Waals surface area contributed by atoms with E-state index in [-0.39, 0.29) is 5.56 Å². The molecule has 0 bridgehead atoms. The average molecular weight is 348 g/mol. The van der Waals surface area contributed by atoms with E-state index in [4.69, 9.17) is 0 Å². The molecular formula is C17H12N6OS. The number of aromatic amines is 2. The smallest absolute Gasteiger partial charge is 0.267 e. The highest BCUT2D eigenvalue weighted by Gasteiger charge is 2.32. The van der Waals surface area contributed by atoms with Crippen molar-refractivity contribution in [2.24, 2.45) is 0 Å². The molecule has 4 rings (SSSR count). The predicted octanol–water partition coefficient (Wildman–Crippen LogP) is 2.64. The monoisotopic (exact) mass is 348 g/mol. The molecule has 0 fully saturated rings. The Hall–Kier alpha value is -3.31. The maximum Gasteiger partial charge on any atom is 0.267 e. The standard InChI is InChI=1S/C17H12N6OS/c1-2-7-23-15-13(16(24)20-9-19-15)25-17(23)10(8-18)14-21-11-5-3-4-6-12(11)22-14/h2-6,9H,1,7H2,(H,21,22)(H,19,20,24)/b17-10-. The van der Waals surface area contributed by atoms with E-state index in [0.29, 0.717) is 33.7 Å². The fraction of sp³-hybridized carbons (Fsp3) is 0.0588. The molecule has 1 aliphatic rings. The number of anilines is 1. The number of imidazole rings is 1. The molecule has 3 aromatic rings. The lowest BCUT2D eigenvalue weighted by Crippen LogP contribution is -2.20. The largest absolute Gasteiger partial charge is 0.337 e. The van der Waals surface area contributed by atoms with Crippen molar-refractivity contribution in [3.63, 3.8) is 0 Å². The van der Waals surface area contributed by atoms with Crippen molar-refractivity contribution < 1.29 is 0 Å². The number of nitrogens with one attached hydrogen (secondary N) is 2. The molecule has 0 amide bonds. The lowest BCUT2D eigenvalue weighted by Gasteiger charge is -2.17. The van der Waals surface area contributed by atoms with Gasteiger partial charge in [-0.2, -0.15) is 5.26 Å². The summed E-state index contributed by atoms with van der Waals surface area (Å²) in [5, 5.41) is 10.4. The van der Waals surface area contributed by atoms with Crippen LogP contribution < -0.4 is 10.5 Å². The summed E-state index contributed by atoms with van der Waals surface area (Å²) in [7, 11) is 0. The van der Waals surface area contributed by atoms with Crippen LogP contribution in [0.1, 0.15) is 5.82 Å². The number of aromatic nitrogens is 4. The molecule has 3 heterocycles. The van der Waals surface area contributed by atoms with Crippen molar-refractivity contribution in [3.05, 3.63) is 64.5 Å². The first kappa shape index (κ1) is 15.2. The Morgan fingerprint density at radius 1 is 1.44 bits per heavy atom. The molecule has 1 aromatic carbocycles. The van der Waals surface area contributed by atoms with Crippen LogP contribution >= 0.6 is 11.8 Å². The SMILES string of the molecule is C=CCN1/C(=C(\C#N)c2nc3ccccc3[nH]2)Sc2c1nc[nH]c2=O. The van der Waals surface area contributed by atoms with E-state index in [0.717, 1.165) is 11.0 Å². The zero-order chi connectivity index (χ0) is 17.4. The topological polar surface area (TPSA) is 101 Å². The number of thioether (sulfide) groups is 1. The molecule has 0 aliphatic carbocycles. The lowest BCUT2D eigenvalue weighted by atomic mass is 10.3. The molecule has 2 N–H and O–H groups in total. The lowest BCUT2D eigenvalue weighted by molar-refractivity contribution is 0.968. The number of nitrogens with zero attached hydrogens (tertiary/aromatic N) is 4. The number of benzene rings is 1. The Morgan fingerprint density at radius 3 is 3.04 bits per heavy atom. The number of allylic oxidation sites excluding steroid dienone is 1. The van der Waals surface area contributed by atoms with E-state index < -0.39 is 0 Å². The summed E-state index contributed by atoms with van der Waals surface area (Å²) >= 11 is 1.22. The van der Waals surface area contributed by atoms with Gasteiger partial charge >= 0.3 is 0 Å².